The molecule has 2 saturated heterocycles. The van der Waals surface area contributed by atoms with Crippen molar-refractivity contribution in [1.29, 1.82) is 0 Å². The minimum Gasteiger partial charge on any atom is -0.377 e. The first-order valence-electron chi connectivity index (χ1n) is 8.55. The summed E-state index contributed by atoms with van der Waals surface area (Å²) in [4.78, 5) is 40.2. The average molecular weight is 323 g/mol. The first kappa shape index (κ1) is 16.2. The van der Waals surface area contributed by atoms with Gasteiger partial charge in [0.1, 0.15) is 5.54 Å². The number of hydrogen-bond acceptors (Lipinski definition) is 4. The smallest absolute Gasteiger partial charge is 0.325 e. The van der Waals surface area contributed by atoms with Gasteiger partial charge in [0.25, 0.3) is 5.91 Å². The molecule has 0 bridgehead atoms. The molecular weight excluding hydrogens is 298 g/mol. The number of rotatable bonds is 3. The molecule has 1 unspecified atom stereocenters. The van der Waals surface area contributed by atoms with E-state index in [1.807, 2.05) is 6.92 Å². The molecule has 7 heteroatoms. The predicted octanol–water partition coefficient (Wildman–Crippen LogP) is 0.878. The van der Waals surface area contributed by atoms with Crippen LogP contribution in [0.4, 0.5) is 4.79 Å². The number of hydrogen-bond donors (Lipinski definition) is 1. The first-order chi connectivity index (χ1) is 11.0. The van der Waals surface area contributed by atoms with Crippen molar-refractivity contribution in [2.24, 2.45) is 0 Å². The Morgan fingerprint density at radius 2 is 2.04 bits per heavy atom. The van der Waals surface area contributed by atoms with Gasteiger partial charge in [-0.25, -0.2) is 4.79 Å². The highest BCUT2D eigenvalue weighted by Gasteiger charge is 2.51. The summed E-state index contributed by atoms with van der Waals surface area (Å²) in [6, 6.07) is -0.302. The number of ether oxygens (including phenoxy) is 1. The molecule has 1 atom stereocenters. The van der Waals surface area contributed by atoms with E-state index in [1.165, 1.54) is 4.90 Å². The van der Waals surface area contributed by atoms with Crippen LogP contribution in [-0.4, -0.2) is 65.5 Å². The Bertz CT molecular complexity index is 502. The van der Waals surface area contributed by atoms with Crippen molar-refractivity contribution >= 4 is 17.8 Å². The minimum atomic E-state index is -0.704. The van der Waals surface area contributed by atoms with Crippen molar-refractivity contribution in [2.45, 2.75) is 57.0 Å². The Morgan fingerprint density at radius 3 is 2.74 bits per heavy atom. The fourth-order valence-electron chi connectivity index (χ4n) is 3.82. The predicted molar refractivity (Wildman–Crippen MR) is 82.7 cm³/mol. The van der Waals surface area contributed by atoms with Gasteiger partial charge in [-0.05, 0) is 19.8 Å². The van der Waals surface area contributed by atoms with E-state index in [4.69, 9.17) is 4.74 Å². The van der Waals surface area contributed by atoms with Crippen molar-refractivity contribution in [2.75, 3.05) is 26.3 Å². The Morgan fingerprint density at radius 1 is 1.30 bits per heavy atom. The van der Waals surface area contributed by atoms with Crippen LogP contribution < -0.4 is 5.32 Å². The summed E-state index contributed by atoms with van der Waals surface area (Å²) >= 11 is 0. The van der Waals surface area contributed by atoms with Crippen molar-refractivity contribution in [3.63, 3.8) is 0 Å². The molecule has 0 radical (unpaired) electrons. The fourth-order valence-corrected chi connectivity index (χ4v) is 3.82. The van der Waals surface area contributed by atoms with Gasteiger partial charge in [0, 0.05) is 19.5 Å². The van der Waals surface area contributed by atoms with Crippen LogP contribution in [0.2, 0.25) is 0 Å². The van der Waals surface area contributed by atoms with Gasteiger partial charge in [-0.3, -0.25) is 14.5 Å². The maximum Gasteiger partial charge on any atom is 0.325 e. The largest absolute Gasteiger partial charge is 0.377 e. The highest BCUT2D eigenvalue weighted by Crippen LogP contribution is 2.33. The molecule has 0 aromatic heterocycles. The molecule has 3 rings (SSSR count). The molecule has 2 aliphatic heterocycles. The van der Waals surface area contributed by atoms with Gasteiger partial charge in [0.05, 0.1) is 19.3 Å². The SMILES string of the molecule is CC1COCCN1C(=O)CCN1C(=O)NC2(CCCCC2)C1=O. The lowest BCUT2D eigenvalue weighted by atomic mass is 9.82. The van der Waals surface area contributed by atoms with Crippen LogP contribution >= 0.6 is 0 Å². The molecule has 0 aromatic carbocycles. The van der Waals surface area contributed by atoms with Crippen molar-refractivity contribution in [3.8, 4) is 0 Å². The number of imide groups is 1. The third kappa shape index (κ3) is 3.06. The van der Waals surface area contributed by atoms with Gasteiger partial charge in [0.2, 0.25) is 5.91 Å². The summed E-state index contributed by atoms with van der Waals surface area (Å²) in [5.74, 6) is -0.170. The van der Waals surface area contributed by atoms with E-state index in [0.717, 1.165) is 19.3 Å². The van der Waals surface area contributed by atoms with Gasteiger partial charge < -0.3 is 15.0 Å². The van der Waals surface area contributed by atoms with Gasteiger partial charge in [0.15, 0.2) is 0 Å². The monoisotopic (exact) mass is 323 g/mol. The van der Waals surface area contributed by atoms with E-state index < -0.39 is 5.54 Å². The van der Waals surface area contributed by atoms with E-state index in [1.54, 1.807) is 4.90 Å². The number of amides is 4. The standard InChI is InChI=1S/C16H25N3O4/c1-12-11-23-10-9-18(12)13(20)5-8-19-14(21)16(17-15(19)22)6-3-2-4-7-16/h12H,2-11H2,1H3,(H,17,22). The summed E-state index contributed by atoms with van der Waals surface area (Å²) in [6.07, 6.45) is 4.64. The second-order valence-electron chi connectivity index (χ2n) is 6.79. The summed E-state index contributed by atoms with van der Waals surface area (Å²) in [5, 5.41) is 2.87. The average Bonchev–Trinajstić information content (AvgIpc) is 2.77. The van der Waals surface area contributed by atoms with Crippen LogP contribution in [0.1, 0.15) is 45.4 Å². The van der Waals surface area contributed by atoms with Gasteiger partial charge in [-0.2, -0.15) is 0 Å². The molecule has 128 valence electrons. The normalized spacial score (nSPS) is 27.4. The Balaban J connectivity index is 1.58. The molecule has 1 aliphatic carbocycles. The zero-order valence-electron chi connectivity index (χ0n) is 13.7. The van der Waals surface area contributed by atoms with E-state index in [9.17, 15) is 14.4 Å². The van der Waals surface area contributed by atoms with Crippen LogP contribution in [-0.2, 0) is 14.3 Å². The lowest BCUT2D eigenvalue weighted by Crippen LogP contribution is -2.49. The molecule has 1 N–H and O–H groups in total. The van der Waals surface area contributed by atoms with E-state index in [0.29, 0.717) is 32.6 Å². The van der Waals surface area contributed by atoms with Crippen LogP contribution in [0, 0.1) is 0 Å². The van der Waals surface area contributed by atoms with Crippen LogP contribution in [0.5, 0.6) is 0 Å². The Hall–Kier alpha value is -1.63. The van der Waals surface area contributed by atoms with Crippen molar-refractivity contribution in [3.05, 3.63) is 0 Å². The van der Waals surface area contributed by atoms with Crippen molar-refractivity contribution in [1.82, 2.24) is 15.1 Å². The van der Waals surface area contributed by atoms with E-state index in [2.05, 4.69) is 5.32 Å². The summed E-state index contributed by atoms with van der Waals surface area (Å²) in [7, 11) is 0. The Kier molecular flexibility index (Phi) is 4.57. The number of urea groups is 1. The molecule has 1 saturated carbocycles. The molecular formula is C16H25N3O4. The number of carbonyl (C=O) groups excluding carboxylic acids is 3. The van der Waals surface area contributed by atoms with E-state index in [-0.39, 0.29) is 36.9 Å². The van der Waals surface area contributed by atoms with Gasteiger partial charge >= 0.3 is 6.03 Å². The van der Waals surface area contributed by atoms with Gasteiger partial charge in [-0.1, -0.05) is 19.3 Å². The molecule has 1 spiro atoms. The highest BCUT2D eigenvalue weighted by atomic mass is 16.5. The summed E-state index contributed by atoms with van der Waals surface area (Å²) < 4.78 is 5.33. The number of nitrogens with zero attached hydrogens (tertiary/aromatic N) is 2. The summed E-state index contributed by atoms with van der Waals surface area (Å²) in [5.41, 5.74) is -0.704. The molecule has 3 fully saturated rings. The maximum absolute atomic E-state index is 12.6. The third-order valence-corrected chi connectivity index (χ3v) is 5.19. The minimum absolute atomic E-state index is 0.0222. The molecule has 7 nitrogen and oxygen atoms in total. The lowest BCUT2D eigenvalue weighted by molar-refractivity contribution is -0.140. The van der Waals surface area contributed by atoms with Gasteiger partial charge in [-0.15, -0.1) is 0 Å². The number of carbonyl (C=O) groups is 3. The number of morpholine rings is 1. The maximum atomic E-state index is 12.6. The molecule has 4 amide bonds. The molecule has 2 heterocycles. The topological polar surface area (TPSA) is 79.0 Å². The molecule has 3 aliphatic rings. The van der Waals surface area contributed by atoms with E-state index >= 15 is 0 Å². The zero-order valence-corrected chi connectivity index (χ0v) is 13.7. The fraction of sp³-hybridized carbons (Fsp3) is 0.812. The highest BCUT2D eigenvalue weighted by molar-refractivity contribution is 6.07. The first-order valence-corrected chi connectivity index (χ1v) is 8.55. The third-order valence-electron chi connectivity index (χ3n) is 5.19. The molecule has 0 aromatic rings. The zero-order chi connectivity index (χ0) is 16.4. The molecule has 23 heavy (non-hydrogen) atoms. The lowest BCUT2D eigenvalue weighted by Gasteiger charge is -2.33. The van der Waals surface area contributed by atoms with Crippen LogP contribution in [0.25, 0.3) is 0 Å². The second-order valence-corrected chi connectivity index (χ2v) is 6.79. The van der Waals surface area contributed by atoms with Crippen LogP contribution in [0.3, 0.4) is 0 Å². The quantitative estimate of drug-likeness (QED) is 0.782. The van der Waals surface area contributed by atoms with Crippen molar-refractivity contribution < 1.29 is 19.1 Å². The number of nitrogens with one attached hydrogen (secondary N) is 1. The van der Waals surface area contributed by atoms with Crippen LogP contribution in [0.15, 0.2) is 0 Å². The Labute approximate surface area is 136 Å². The second kappa shape index (κ2) is 6.47. The summed E-state index contributed by atoms with van der Waals surface area (Å²) in [6.45, 7) is 3.77.